The molecule has 0 saturated carbocycles. The number of benzene rings is 2. The third-order valence-corrected chi connectivity index (χ3v) is 5.40. The van der Waals surface area contributed by atoms with Gasteiger partial charge in [-0.05, 0) is 30.7 Å². The van der Waals surface area contributed by atoms with Gasteiger partial charge in [-0.25, -0.2) is 14.5 Å². The van der Waals surface area contributed by atoms with Crippen molar-refractivity contribution >= 4 is 28.4 Å². The van der Waals surface area contributed by atoms with E-state index in [0.717, 1.165) is 5.56 Å². The molecule has 0 bridgehead atoms. The summed E-state index contributed by atoms with van der Waals surface area (Å²) in [5.74, 6) is 0.761. The first-order valence-electron chi connectivity index (χ1n) is 8.84. The Morgan fingerprint density at radius 3 is 2.59 bits per heavy atom. The van der Waals surface area contributed by atoms with Crippen molar-refractivity contribution in [2.75, 3.05) is 0 Å². The maximum absolute atomic E-state index is 13.2. The average molecular weight is 404 g/mol. The van der Waals surface area contributed by atoms with Gasteiger partial charge in [0.05, 0.1) is 15.8 Å². The van der Waals surface area contributed by atoms with Gasteiger partial charge in [0, 0.05) is 23.6 Å². The molecule has 2 heterocycles. The highest BCUT2D eigenvalue weighted by atomic mass is 32.2. The molecule has 0 aliphatic heterocycles. The van der Waals surface area contributed by atoms with Gasteiger partial charge < -0.3 is 0 Å². The maximum Gasteiger partial charge on any atom is 0.273 e. The molecular weight excluding hydrogens is 388 g/mol. The Hall–Kier alpha value is -3.52. The van der Waals surface area contributed by atoms with Crippen LogP contribution in [0.3, 0.4) is 0 Å². The first kappa shape index (κ1) is 18.8. The number of hydrogen-bond acceptors (Lipinski definition) is 6. The minimum Gasteiger partial charge on any atom is -0.268 e. The van der Waals surface area contributed by atoms with Crippen LogP contribution in [0.25, 0.3) is 16.7 Å². The predicted molar refractivity (Wildman–Crippen MR) is 113 cm³/mol. The molecule has 0 radical (unpaired) electrons. The van der Waals surface area contributed by atoms with E-state index in [1.54, 1.807) is 48.7 Å². The monoisotopic (exact) mass is 404 g/mol. The third-order valence-electron chi connectivity index (χ3n) is 4.41. The minimum absolute atomic E-state index is 0.0446. The Morgan fingerprint density at radius 1 is 1.07 bits per heavy atom. The average Bonchev–Trinajstić information content (AvgIpc) is 2.73. The number of aryl methyl sites for hydroxylation is 1. The largest absolute Gasteiger partial charge is 0.273 e. The van der Waals surface area contributed by atoms with E-state index in [0.29, 0.717) is 33.2 Å². The second kappa shape index (κ2) is 7.84. The zero-order valence-electron chi connectivity index (χ0n) is 15.5. The molecule has 2 aromatic heterocycles. The molecule has 4 rings (SSSR count). The van der Waals surface area contributed by atoms with Gasteiger partial charge in [0.15, 0.2) is 5.16 Å². The van der Waals surface area contributed by atoms with Crippen LogP contribution in [0.1, 0.15) is 11.1 Å². The predicted octanol–water partition coefficient (Wildman–Crippen LogP) is 4.29. The van der Waals surface area contributed by atoms with E-state index in [2.05, 4.69) is 9.97 Å². The lowest BCUT2D eigenvalue weighted by Crippen LogP contribution is -2.22. The van der Waals surface area contributed by atoms with Crippen LogP contribution < -0.4 is 5.56 Å². The molecule has 0 aliphatic carbocycles. The number of fused-ring (bicyclic) bond motifs is 1. The van der Waals surface area contributed by atoms with Crippen LogP contribution in [0.15, 0.2) is 76.8 Å². The summed E-state index contributed by atoms with van der Waals surface area (Å²) >= 11 is 1.27. The molecule has 0 N–H and O–H groups in total. The number of nitro groups is 1. The summed E-state index contributed by atoms with van der Waals surface area (Å²) in [6.45, 7) is 1.92. The second-order valence-electron chi connectivity index (χ2n) is 6.42. The number of pyridine rings is 1. The lowest BCUT2D eigenvalue weighted by atomic mass is 10.2. The summed E-state index contributed by atoms with van der Waals surface area (Å²) in [7, 11) is 0. The van der Waals surface area contributed by atoms with Gasteiger partial charge in [-0.15, -0.1) is 0 Å². The number of nitro benzene ring substituents is 1. The summed E-state index contributed by atoms with van der Waals surface area (Å²) in [6.07, 6.45) is 1.69. The van der Waals surface area contributed by atoms with E-state index in [1.807, 2.05) is 19.1 Å². The van der Waals surface area contributed by atoms with Crippen molar-refractivity contribution in [1.29, 1.82) is 0 Å². The van der Waals surface area contributed by atoms with Crippen LogP contribution in [0.2, 0.25) is 0 Å². The van der Waals surface area contributed by atoms with Gasteiger partial charge in [0.2, 0.25) is 0 Å². The molecule has 0 atom stereocenters. The van der Waals surface area contributed by atoms with Crippen molar-refractivity contribution < 1.29 is 4.92 Å². The smallest absolute Gasteiger partial charge is 0.268 e. The molecule has 29 heavy (non-hydrogen) atoms. The SMILES string of the molecule is Cc1ccc(-n2c(SCc3ccccc3[N+](=O)[O-])nc3ccccc3c2=O)nc1. The molecule has 0 fully saturated rings. The van der Waals surface area contributed by atoms with Crippen LogP contribution in [0, 0.1) is 17.0 Å². The van der Waals surface area contributed by atoms with Gasteiger partial charge in [-0.3, -0.25) is 14.9 Å². The van der Waals surface area contributed by atoms with Gasteiger partial charge in [0.25, 0.3) is 11.2 Å². The third kappa shape index (κ3) is 3.74. The van der Waals surface area contributed by atoms with Crippen molar-refractivity contribution in [1.82, 2.24) is 14.5 Å². The lowest BCUT2D eigenvalue weighted by molar-refractivity contribution is -0.385. The first-order chi connectivity index (χ1) is 14.0. The highest BCUT2D eigenvalue weighted by molar-refractivity contribution is 7.98. The van der Waals surface area contributed by atoms with Crippen LogP contribution in [0.5, 0.6) is 0 Å². The molecule has 0 amide bonds. The van der Waals surface area contributed by atoms with Gasteiger partial charge in [0.1, 0.15) is 5.82 Å². The molecule has 0 aliphatic rings. The van der Waals surface area contributed by atoms with Gasteiger partial charge in [-0.2, -0.15) is 0 Å². The quantitative estimate of drug-likeness (QED) is 0.213. The normalized spacial score (nSPS) is 10.9. The number of thioether (sulfide) groups is 1. The second-order valence-corrected chi connectivity index (χ2v) is 7.36. The van der Waals surface area contributed by atoms with Gasteiger partial charge >= 0.3 is 0 Å². The molecule has 144 valence electrons. The zero-order chi connectivity index (χ0) is 20.4. The van der Waals surface area contributed by atoms with E-state index in [-0.39, 0.29) is 11.2 Å². The first-order valence-corrected chi connectivity index (χ1v) is 9.83. The Morgan fingerprint density at radius 2 is 1.83 bits per heavy atom. The Bertz CT molecular complexity index is 1270. The molecule has 0 spiro atoms. The highest BCUT2D eigenvalue weighted by Crippen LogP contribution is 2.28. The molecular formula is C21H16N4O3S. The van der Waals surface area contributed by atoms with Crippen molar-refractivity contribution in [2.45, 2.75) is 17.8 Å². The van der Waals surface area contributed by atoms with Crippen LogP contribution >= 0.6 is 11.8 Å². The maximum atomic E-state index is 13.2. The molecule has 7 nitrogen and oxygen atoms in total. The van der Waals surface area contributed by atoms with Crippen LogP contribution in [-0.2, 0) is 5.75 Å². The van der Waals surface area contributed by atoms with Crippen molar-refractivity contribution in [2.24, 2.45) is 0 Å². The number of hydrogen-bond donors (Lipinski definition) is 0. The minimum atomic E-state index is -0.404. The van der Waals surface area contributed by atoms with E-state index < -0.39 is 4.92 Å². The lowest BCUT2D eigenvalue weighted by Gasteiger charge is -2.12. The van der Waals surface area contributed by atoms with E-state index in [9.17, 15) is 14.9 Å². The fraction of sp³-hybridized carbons (Fsp3) is 0.0952. The summed E-state index contributed by atoms with van der Waals surface area (Å²) in [5.41, 5.74) is 1.93. The fourth-order valence-corrected chi connectivity index (χ4v) is 3.95. The molecule has 8 heteroatoms. The molecule has 0 saturated heterocycles. The summed E-state index contributed by atoms with van der Waals surface area (Å²) in [6, 6.07) is 17.3. The Kier molecular flexibility index (Phi) is 5.09. The zero-order valence-corrected chi connectivity index (χ0v) is 16.3. The number of para-hydroxylation sites is 2. The van der Waals surface area contributed by atoms with E-state index in [1.165, 1.54) is 22.4 Å². The fourth-order valence-electron chi connectivity index (χ4n) is 2.96. The molecule has 4 aromatic rings. The van der Waals surface area contributed by atoms with E-state index in [4.69, 9.17) is 0 Å². The van der Waals surface area contributed by atoms with Crippen LogP contribution in [-0.4, -0.2) is 19.5 Å². The van der Waals surface area contributed by atoms with Crippen molar-refractivity contribution in [3.05, 3.63) is 98.5 Å². The molecule has 0 unspecified atom stereocenters. The number of rotatable bonds is 5. The van der Waals surface area contributed by atoms with Crippen LogP contribution in [0.4, 0.5) is 5.69 Å². The number of aromatic nitrogens is 3. The summed E-state index contributed by atoms with van der Waals surface area (Å²) in [4.78, 5) is 33.1. The Balaban J connectivity index is 1.83. The summed E-state index contributed by atoms with van der Waals surface area (Å²) < 4.78 is 1.46. The number of nitrogens with zero attached hydrogens (tertiary/aromatic N) is 4. The van der Waals surface area contributed by atoms with Crippen molar-refractivity contribution in [3.8, 4) is 5.82 Å². The standard InChI is InChI=1S/C21H16N4O3S/c1-14-10-11-19(22-12-14)24-20(26)16-7-3-4-8-17(16)23-21(24)29-13-15-6-2-5-9-18(15)25(27)28/h2-12H,13H2,1H3. The highest BCUT2D eigenvalue weighted by Gasteiger charge is 2.17. The topological polar surface area (TPSA) is 90.9 Å². The van der Waals surface area contributed by atoms with E-state index >= 15 is 0 Å². The summed E-state index contributed by atoms with van der Waals surface area (Å²) in [5, 5.41) is 12.2. The van der Waals surface area contributed by atoms with Crippen molar-refractivity contribution in [3.63, 3.8) is 0 Å². The molecule has 2 aromatic carbocycles. The van der Waals surface area contributed by atoms with Gasteiger partial charge in [-0.1, -0.05) is 48.2 Å². The Labute approximate surface area is 170 Å².